The average Bonchev–Trinajstić information content (AvgIpc) is 2.38. The van der Waals surface area contributed by atoms with Crippen LogP contribution >= 0.6 is 0 Å². The molecule has 1 heterocycles. The molecular formula is C13H18N2O4. The van der Waals surface area contributed by atoms with Gasteiger partial charge in [0.1, 0.15) is 0 Å². The molecule has 5 N–H and O–H groups in total. The van der Waals surface area contributed by atoms with Gasteiger partial charge < -0.3 is 21.3 Å². The topological polar surface area (TPSA) is 113 Å². The highest BCUT2D eigenvalue weighted by Crippen LogP contribution is 2.25. The summed E-state index contributed by atoms with van der Waals surface area (Å²) < 4.78 is 0. The van der Waals surface area contributed by atoms with Crippen LogP contribution in [-0.4, -0.2) is 28.7 Å². The Hall–Kier alpha value is -2.24. The fourth-order valence-corrected chi connectivity index (χ4v) is 1.61. The van der Waals surface area contributed by atoms with Gasteiger partial charge in [0, 0.05) is 6.54 Å². The van der Waals surface area contributed by atoms with Gasteiger partial charge in [-0.1, -0.05) is 13.0 Å². The molecule has 0 aromatic rings. The van der Waals surface area contributed by atoms with E-state index < -0.39 is 17.4 Å². The fourth-order valence-electron chi connectivity index (χ4n) is 1.61. The lowest BCUT2D eigenvalue weighted by Crippen LogP contribution is -2.29. The zero-order chi connectivity index (χ0) is 14.6. The van der Waals surface area contributed by atoms with E-state index in [0.717, 1.165) is 0 Å². The summed E-state index contributed by atoms with van der Waals surface area (Å²) in [6.07, 6.45) is 4.75. The molecule has 0 saturated heterocycles. The van der Waals surface area contributed by atoms with Crippen molar-refractivity contribution in [1.29, 1.82) is 0 Å². The van der Waals surface area contributed by atoms with Gasteiger partial charge in [0.25, 0.3) is 0 Å². The molecule has 0 aromatic carbocycles. The highest BCUT2D eigenvalue weighted by Gasteiger charge is 2.29. The molecule has 19 heavy (non-hydrogen) atoms. The number of rotatable bonds is 5. The second-order valence-corrected chi connectivity index (χ2v) is 4.58. The van der Waals surface area contributed by atoms with Crippen molar-refractivity contribution in [1.82, 2.24) is 5.32 Å². The van der Waals surface area contributed by atoms with E-state index in [2.05, 4.69) is 5.32 Å². The molecular weight excluding hydrogens is 248 g/mol. The van der Waals surface area contributed by atoms with Gasteiger partial charge in [-0.25, -0.2) is 4.79 Å². The van der Waals surface area contributed by atoms with E-state index in [0.29, 0.717) is 18.7 Å². The van der Waals surface area contributed by atoms with Crippen molar-refractivity contribution in [3.63, 3.8) is 0 Å². The van der Waals surface area contributed by atoms with Crippen LogP contribution < -0.4 is 11.1 Å². The van der Waals surface area contributed by atoms with Crippen LogP contribution in [0.15, 0.2) is 35.2 Å². The van der Waals surface area contributed by atoms with Crippen molar-refractivity contribution in [3.05, 3.63) is 35.2 Å². The van der Waals surface area contributed by atoms with Crippen LogP contribution in [0.25, 0.3) is 0 Å². The molecule has 0 saturated carbocycles. The van der Waals surface area contributed by atoms with E-state index in [4.69, 9.17) is 10.8 Å². The molecule has 0 bridgehead atoms. The Bertz CT molecular complexity index is 491. The van der Waals surface area contributed by atoms with Gasteiger partial charge >= 0.3 is 11.9 Å². The van der Waals surface area contributed by atoms with Crippen LogP contribution in [0.4, 0.5) is 0 Å². The highest BCUT2D eigenvalue weighted by atomic mass is 16.4. The minimum atomic E-state index is -1.07. The number of carbonyl (C=O) groups is 2. The summed E-state index contributed by atoms with van der Waals surface area (Å²) in [5.74, 6) is -2.01. The molecule has 104 valence electrons. The maximum Gasteiger partial charge on any atom is 0.335 e. The van der Waals surface area contributed by atoms with E-state index in [1.165, 1.54) is 18.2 Å². The number of carboxylic acid groups (broad SMARTS) is 2. The molecule has 0 amide bonds. The average molecular weight is 266 g/mol. The summed E-state index contributed by atoms with van der Waals surface area (Å²) in [5, 5.41) is 21.0. The zero-order valence-electron chi connectivity index (χ0n) is 10.9. The number of aliphatic carboxylic acids is 2. The molecule has 1 rings (SSSR count). The lowest BCUT2D eigenvalue weighted by Gasteiger charge is -2.21. The largest absolute Gasteiger partial charge is 0.481 e. The number of nitrogens with one attached hydrogen (secondary N) is 1. The van der Waals surface area contributed by atoms with Gasteiger partial charge in [0.2, 0.25) is 0 Å². The van der Waals surface area contributed by atoms with Crippen LogP contribution in [0.5, 0.6) is 0 Å². The summed E-state index contributed by atoms with van der Waals surface area (Å²) in [7, 11) is 0. The third-order valence-corrected chi connectivity index (χ3v) is 3.17. The van der Waals surface area contributed by atoms with Crippen LogP contribution in [-0.2, 0) is 9.59 Å². The molecule has 6 nitrogen and oxygen atoms in total. The Morgan fingerprint density at radius 1 is 1.53 bits per heavy atom. The van der Waals surface area contributed by atoms with E-state index in [1.807, 2.05) is 0 Å². The summed E-state index contributed by atoms with van der Waals surface area (Å²) in [4.78, 5) is 22.1. The fraction of sp³-hybridized carbons (Fsp3) is 0.385. The first-order chi connectivity index (χ1) is 8.80. The molecule has 0 fully saturated rings. The minimum Gasteiger partial charge on any atom is -0.481 e. The van der Waals surface area contributed by atoms with Crippen LogP contribution in [0.2, 0.25) is 0 Å². The second-order valence-electron chi connectivity index (χ2n) is 4.58. The highest BCUT2D eigenvalue weighted by molar-refractivity contribution is 5.90. The second kappa shape index (κ2) is 5.60. The van der Waals surface area contributed by atoms with Crippen molar-refractivity contribution in [3.8, 4) is 0 Å². The molecule has 0 aromatic heterocycles. The van der Waals surface area contributed by atoms with E-state index in [-0.39, 0.29) is 11.3 Å². The van der Waals surface area contributed by atoms with Crippen LogP contribution in [0, 0.1) is 5.41 Å². The maximum absolute atomic E-state index is 11.2. The van der Waals surface area contributed by atoms with E-state index >= 15 is 0 Å². The summed E-state index contributed by atoms with van der Waals surface area (Å²) in [6, 6.07) is 0. The van der Waals surface area contributed by atoms with Gasteiger partial charge in [0.15, 0.2) is 0 Å². The molecule has 1 aliphatic heterocycles. The Balaban J connectivity index is 3.07. The molecule has 0 spiro atoms. The molecule has 1 aliphatic rings. The maximum atomic E-state index is 11.2. The van der Waals surface area contributed by atoms with Crippen molar-refractivity contribution in [2.45, 2.75) is 20.3 Å². The predicted molar refractivity (Wildman–Crippen MR) is 70.1 cm³/mol. The standard InChI is InChI=1S/C13H18N2O4/c1-3-13(2,12(18)19)7-9(14)10-6-8(11(16)17)4-5-15-10/h4,6-7,15H,3,5,14H2,1-2H3,(H,16,17)(H,18,19)/b9-7-. The first kappa shape index (κ1) is 14.8. The lowest BCUT2D eigenvalue weighted by atomic mass is 9.86. The number of hydrogen-bond acceptors (Lipinski definition) is 4. The molecule has 1 atom stereocenters. The summed E-state index contributed by atoms with van der Waals surface area (Å²) >= 11 is 0. The first-order valence-corrected chi connectivity index (χ1v) is 5.91. The normalized spacial score (nSPS) is 18.7. The van der Waals surface area contributed by atoms with E-state index in [1.54, 1.807) is 13.8 Å². The van der Waals surface area contributed by atoms with Crippen molar-refractivity contribution in [2.75, 3.05) is 6.54 Å². The number of carboxylic acids is 2. The van der Waals surface area contributed by atoms with Gasteiger partial charge in [-0.05, 0) is 25.5 Å². The predicted octanol–water partition coefficient (Wildman–Crippen LogP) is 0.828. The Kier molecular flexibility index (Phi) is 4.37. The number of hydrogen-bond donors (Lipinski definition) is 4. The smallest absolute Gasteiger partial charge is 0.335 e. The first-order valence-electron chi connectivity index (χ1n) is 5.91. The molecule has 1 unspecified atom stereocenters. The van der Waals surface area contributed by atoms with Crippen molar-refractivity contribution >= 4 is 11.9 Å². The molecule has 0 radical (unpaired) electrons. The van der Waals surface area contributed by atoms with Gasteiger partial charge in [-0.15, -0.1) is 0 Å². The number of dihydropyridines is 1. The summed E-state index contributed by atoms with van der Waals surface area (Å²) in [6.45, 7) is 3.67. The minimum absolute atomic E-state index is 0.138. The summed E-state index contributed by atoms with van der Waals surface area (Å²) in [5.41, 5.74) is 5.59. The zero-order valence-corrected chi connectivity index (χ0v) is 10.9. The van der Waals surface area contributed by atoms with Gasteiger partial charge in [0.05, 0.1) is 22.4 Å². The van der Waals surface area contributed by atoms with Crippen molar-refractivity contribution < 1.29 is 19.8 Å². The van der Waals surface area contributed by atoms with Crippen molar-refractivity contribution in [2.24, 2.45) is 11.1 Å². The van der Waals surface area contributed by atoms with E-state index in [9.17, 15) is 14.7 Å². The third kappa shape index (κ3) is 3.37. The van der Waals surface area contributed by atoms with Gasteiger partial charge in [-0.3, -0.25) is 4.79 Å². The number of nitrogens with two attached hydrogens (primary N) is 1. The third-order valence-electron chi connectivity index (χ3n) is 3.17. The monoisotopic (exact) mass is 266 g/mol. The Morgan fingerprint density at radius 2 is 2.16 bits per heavy atom. The molecule has 6 heteroatoms. The lowest BCUT2D eigenvalue weighted by molar-refractivity contribution is -0.145. The Labute approximate surface area is 111 Å². The van der Waals surface area contributed by atoms with Crippen LogP contribution in [0.3, 0.4) is 0 Å². The van der Waals surface area contributed by atoms with Crippen LogP contribution in [0.1, 0.15) is 20.3 Å². The quantitative estimate of drug-likeness (QED) is 0.586. The Morgan fingerprint density at radius 3 is 2.63 bits per heavy atom. The van der Waals surface area contributed by atoms with Gasteiger partial charge in [-0.2, -0.15) is 0 Å². The SMILES string of the molecule is CCC(C)(/C=C(\N)C1=CC(C(=O)O)=CCN1)C(=O)O. The molecule has 0 aliphatic carbocycles.